The van der Waals surface area contributed by atoms with Gasteiger partial charge in [-0.05, 0) is 48.9 Å². The van der Waals surface area contributed by atoms with Crippen LogP contribution in [-0.4, -0.2) is 17.0 Å². The van der Waals surface area contributed by atoms with Gasteiger partial charge in [-0.3, -0.25) is 10.2 Å². The Morgan fingerprint density at radius 2 is 1.43 bits per heavy atom. The lowest BCUT2D eigenvalue weighted by Crippen LogP contribution is -2.31. The highest BCUT2D eigenvalue weighted by Crippen LogP contribution is 2.20. The van der Waals surface area contributed by atoms with E-state index < -0.39 is 5.97 Å². The standard InChI is InChI=1S/C18H20N2O3/c1-11-5-3-7-13(15(11)17(21)20-19)9-10-14-8-4-6-12(2)16(14)18(22)23/h3-8H,9-10,19H2,1-2H3,(H,20,21)(H,22,23). The highest BCUT2D eigenvalue weighted by molar-refractivity contribution is 5.96. The van der Waals surface area contributed by atoms with Gasteiger partial charge in [0.2, 0.25) is 0 Å². The highest BCUT2D eigenvalue weighted by atomic mass is 16.4. The van der Waals surface area contributed by atoms with E-state index in [0.29, 0.717) is 24.0 Å². The van der Waals surface area contributed by atoms with Crippen molar-refractivity contribution in [2.75, 3.05) is 0 Å². The van der Waals surface area contributed by atoms with Crippen LogP contribution in [0.4, 0.5) is 0 Å². The van der Waals surface area contributed by atoms with Crippen LogP contribution in [0.5, 0.6) is 0 Å². The van der Waals surface area contributed by atoms with Crippen molar-refractivity contribution in [3.8, 4) is 0 Å². The summed E-state index contributed by atoms with van der Waals surface area (Å²) in [4.78, 5) is 23.4. The van der Waals surface area contributed by atoms with Gasteiger partial charge in [-0.1, -0.05) is 36.4 Å². The number of nitrogen functional groups attached to an aromatic ring is 1. The second-order valence-electron chi connectivity index (χ2n) is 5.50. The molecule has 2 rings (SSSR count). The van der Waals surface area contributed by atoms with Crippen LogP contribution in [0.1, 0.15) is 43.0 Å². The molecule has 5 heteroatoms. The van der Waals surface area contributed by atoms with Crippen LogP contribution < -0.4 is 11.3 Å². The Labute approximate surface area is 135 Å². The first-order valence-corrected chi connectivity index (χ1v) is 7.37. The van der Waals surface area contributed by atoms with Crippen LogP contribution in [0.15, 0.2) is 36.4 Å². The zero-order valence-electron chi connectivity index (χ0n) is 13.2. The quantitative estimate of drug-likeness (QED) is 0.449. The Bertz CT molecular complexity index is 754. The second-order valence-corrected chi connectivity index (χ2v) is 5.50. The van der Waals surface area contributed by atoms with Crippen molar-refractivity contribution >= 4 is 11.9 Å². The third-order valence-corrected chi connectivity index (χ3v) is 3.95. The van der Waals surface area contributed by atoms with E-state index in [2.05, 4.69) is 5.43 Å². The average molecular weight is 312 g/mol. The molecule has 0 aliphatic carbocycles. The summed E-state index contributed by atoms with van der Waals surface area (Å²) in [6.07, 6.45) is 1.10. The number of hydrazine groups is 1. The number of aryl methyl sites for hydroxylation is 4. The van der Waals surface area contributed by atoms with Crippen LogP contribution >= 0.6 is 0 Å². The third kappa shape index (κ3) is 3.57. The second kappa shape index (κ2) is 7.07. The molecule has 0 radical (unpaired) electrons. The average Bonchev–Trinajstić information content (AvgIpc) is 2.51. The first-order valence-electron chi connectivity index (χ1n) is 7.37. The Kier molecular flexibility index (Phi) is 5.13. The first kappa shape index (κ1) is 16.7. The number of carbonyl (C=O) groups is 2. The van der Waals surface area contributed by atoms with Gasteiger partial charge in [0.15, 0.2) is 0 Å². The maximum atomic E-state index is 12.0. The van der Waals surface area contributed by atoms with Crippen molar-refractivity contribution < 1.29 is 14.7 Å². The molecule has 0 heterocycles. The molecule has 0 spiro atoms. The summed E-state index contributed by atoms with van der Waals surface area (Å²) in [6.45, 7) is 3.64. The van der Waals surface area contributed by atoms with E-state index in [0.717, 1.165) is 22.3 Å². The minimum absolute atomic E-state index is 0.333. The molecule has 120 valence electrons. The zero-order chi connectivity index (χ0) is 17.0. The maximum Gasteiger partial charge on any atom is 0.336 e. The van der Waals surface area contributed by atoms with E-state index >= 15 is 0 Å². The van der Waals surface area contributed by atoms with Gasteiger partial charge in [-0.15, -0.1) is 0 Å². The number of carbonyl (C=O) groups excluding carboxylic acids is 1. The molecule has 0 aromatic heterocycles. The van der Waals surface area contributed by atoms with E-state index in [1.807, 2.05) is 37.3 Å². The lowest BCUT2D eigenvalue weighted by molar-refractivity contribution is 0.0694. The Morgan fingerprint density at radius 1 is 0.957 bits per heavy atom. The summed E-state index contributed by atoms with van der Waals surface area (Å²) in [5, 5.41) is 9.39. The lowest BCUT2D eigenvalue weighted by atomic mass is 9.93. The number of benzene rings is 2. The Balaban J connectivity index is 2.33. The van der Waals surface area contributed by atoms with Gasteiger partial charge in [-0.2, -0.15) is 0 Å². The molecular weight excluding hydrogens is 292 g/mol. The number of aromatic carboxylic acids is 1. The van der Waals surface area contributed by atoms with E-state index in [1.54, 1.807) is 13.0 Å². The normalized spacial score (nSPS) is 10.4. The van der Waals surface area contributed by atoms with Gasteiger partial charge in [0.25, 0.3) is 5.91 Å². The molecule has 0 atom stereocenters. The minimum atomic E-state index is -0.928. The van der Waals surface area contributed by atoms with Gasteiger partial charge in [0.05, 0.1) is 5.56 Å². The molecule has 4 N–H and O–H groups in total. The van der Waals surface area contributed by atoms with Gasteiger partial charge in [-0.25, -0.2) is 10.6 Å². The molecule has 0 saturated heterocycles. The fourth-order valence-electron chi connectivity index (χ4n) is 2.85. The number of hydrogen-bond acceptors (Lipinski definition) is 3. The van der Waals surface area contributed by atoms with Gasteiger partial charge in [0.1, 0.15) is 0 Å². The predicted octanol–water partition coefficient (Wildman–Crippen LogP) is 2.39. The number of nitrogens with one attached hydrogen (secondary N) is 1. The number of amides is 1. The number of rotatable bonds is 5. The van der Waals surface area contributed by atoms with Crippen molar-refractivity contribution in [1.82, 2.24) is 5.43 Å². The fraction of sp³-hybridized carbons (Fsp3) is 0.222. The molecule has 0 fully saturated rings. The van der Waals surface area contributed by atoms with Crippen molar-refractivity contribution in [1.29, 1.82) is 0 Å². The van der Waals surface area contributed by atoms with E-state index in [-0.39, 0.29) is 5.91 Å². The summed E-state index contributed by atoms with van der Waals surface area (Å²) in [5.74, 6) is 3.99. The van der Waals surface area contributed by atoms with Crippen LogP contribution in [0.25, 0.3) is 0 Å². The molecule has 0 unspecified atom stereocenters. The third-order valence-electron chi connectivity index (χ3n) is 3.95. The van der Waals surface area contributed by atoms with Gasteiger partial charge >= 0.3 is 5.97 Å². The summed E-state index contributed by atoms with van der Waals surface area (Å²) < 4.78 is 0. The summed E-state index contributed by atoms with van der Waals surface area (Å²) in [5.41, 5.74) is 6.25. The number of nitrogens with two attached hydrogens (primary N) is 1. The Morgan fingerprint density at radius 3 is 1.91 bits per heavy atom. The monoisotopic (exact) mass is 312 g/mol. The highest BCUT2D eigenvalue weighted by Gasteiger charge is 2.16. The van der Waals surface area contributed by atoms with Crippen molar-refractivity contribution in [2.24, 2.45) is 5.84 Å². The number of hydrogen-bond donors (Lipinski definition) is 3. The van der Waals surface area contributed by atoms with Crippen molar-refractivity contribution in [2.45, 2.75) is 26.7 Å². The van der Waals surface area contributed by atoms with Gasteiger partial charge in [0, 0.05) is 5.56 Å². The number of carboxylic acids is 1. The lowest BCUT2D eigenvalue weighted by Gasteiger charge is -2.13. The molecule has 0 saturated carbocycles. The van der Waals surface area contributed by atoms with Gasteiger partial charge < -0.3 is 5.11 Å². The molecule has 0 aliphatic heterocycles. The molecule has 5 nitrogen and oxygen atoms in total. The SMILES string of the molecule is Cc1cccc(CCc2cccc(C)c2C(=O)NN)c1C(=O)O. The molecule has 1 amide bonds. The summed E-state index contributed by atoms with van der Waals surface area (Å²) >= 11 is 0. The fourth-order valence-corrected chi connectivity index (χ4v) is 2.85. The molecule has 2 aromatic carbocycles. The van der Waals surface area contributed by atoms with Crippen molar-refractivity contribution in [3.05, 3.63) is 69.8 Å². The first-order chi connectivity index (χ1) is 11.0. The topological polar surface area (TPSA) is 92.4 Å². The van der Waals surface area contributed by atoms with Crippen molar-refractivity contribution in [3.63, 3.8) is 0 Å². The van der Waals surface area contributed by atoms with Crippen LogP contribution in [0.3, 0.4) is 0 Å². The van der Waals surface area contributed by atoms with E-state index in [9.17, 15) is 14.7 Å². The largest absolute Gasteiger partial charge is 0.478 e. The van der Waals surface area contributed by atoms with E-state index in [1.165, 1.54) is 0 Å². The maximum absolute atomic E-state index is 12.0. The Hall–Kier alpha value is -2.66. The molecule has 2 aromatic rings. The van der Waals surface area contributed by atoms with Crippen LogP contribution in [0.2, 0.25) is 0 Å². The predicted molar refractivity (Wildman–Crippen MR) is 88.4 cm³/mol. The van der Waals surface area contributed by atoms with Crippen LogP contribution in [0, 0.1) is 13.8 Å². The molecule has 23 heavy (non-hydrogen) atoms. The van der Waals surface area contributed by atoms with Crippen LogP contribution in [-0.2, 0) is 12.8 Å². The van der Waals surface area contributed by atoms with E-state index in [4.69, 9.17) is 5.84 Å². The molecule has 0 bridgehead atoms. The minimum Gasteiger partial charge on any atom is -0.478 e. The number of carboxylic acid groups (broad SMARTS) is 1. The molecular formula is C18H20N2O3. The molecule has 0 aliphatic rings. The summed E-state index contributed by atoms with van der Waals surface area (Å²) in [6, 6.07) is 11.0. The smallest absolute Gasteiger partial charge is 0.336 e. The summed E-state index contributed by atoms with van der Waals surface area (Å²) in [7, 11) is 0. The zero-order valence-corrected chi connectivity index (χ0v) is 13.2.